The van der Waals surface area contributed by atoms with Gasteiger partial charge in [0, 0.05) is 12.5 Å². The quantitative estimate of drug-likeness (QED) is 0.708. The van der Waals surface area contributed by atoms with Crippen LogP contribution in [0.2, 0.25) is 0 Å². The van der Waals surface area contributed by atoms with Gasteiger partial charge in [0.2, 0.25) is 0 Å². The number of piperidine rings is 1. The third-order valence-electron chi connectivity index (χ3n) is 2.53. The summed E-state index contributed by atoms with van der Waals surface area (Å²) in [6.45, 7) is 2.24. The van der Waals surface area contributed by atoms with Gasteiger partial charge in [0.05, 0.1) is 0 Å². The zero-order valence-electron chi connectivity index (χ0n) is 7.62. The van der Waals surface area contributed by atoms with E-state index in [1.165, 1.54) is 12.8 Å². The largest absolute Gasteiger partial charge is 0.381 e. The third kappa shape index (κ3) is 2.21. The normalized spacial score (nSPS) is 19.1. The van der Waals surface area contributed by atoms with Gasteiger partial charge >= 0.3 is 0 Å². The van der Waals surface area contributed by atoms with E-state index in [2.05, 4.69) is 10.5 Å². The predicted molar refractivity (Wildman–Crippen MR) is 50.2 cm³/mol. The van der Waals surface area contributed by atoms with E-state index < -0.39 is 0 Å². The molecular weight excluding hydrogens is 166 g/mol. The van der Waals surface area contributed by atoms with Gasteiger partial charge in [0.25, 0.3) is 0 Å². The second kappa shape index (κ2) is 3.79. The van der Waals surface area contributed by atoms with E-state index >= 15 is 0 Å². The number of nitrogens with one attached hydrogen (secondary N) is 1. The lowest BCUT2D eigenvalue weighted by molar-refractivity contribution is 0.319. The van der Waals surface area contributed by atoms with Gasteiger partial charge in [-0.3, -0.25) is 0 Å². The van der Waals surface area contributed by atoms with Crippen molar-refractivity contribution in [2.75, 3.05) is 18.8 Å². The molecule has 3 N–H and O–H groups in total. The van der Waals surface area contributed by atoms with Crippen LogP contribution in [0.4, 0.5) is 5.82 Å². The number of hydrogen-bond acceptors (Lipinski definition) is 4. The summed E-state index contributed by atoms with van der Waals surface area (Å²) >= 11 is 0. The minimum atomic E-state index is 0.490. The van der Waals surface area contributed by atoms with Crippen LogP contribution in [0, 0.1) is 5.92 Å². The molecule has 4 nitrogen and oxygen atoms in total. The van der Waals surface area contributed by atoms with Gasteiger partial charge < -0.3 is 15.6 Å². The van der Waals surface area contributed by atoms with Crippen LogP contribution in [-0.2, 0) is 6.42 Å². The Hall–Kier alpha value is -1.03. The van der Waals surface area contributed by atoms with Gasteiger partial charge in [-0.15, -0.1) is 0 Å². The first-order valence-corrected chi connectivity index (χ1v) is 4.76. The molecule has 0 unspecified atom stereocenters. The molecule has 0 radical (unpaired) electrons. The highest BCUT2D eigenvalue weighted by Gasteiger charge is 2.15. The SMILES string of the molecule is Nc1cc(CC2CCNCC2)on1. The lowest BCUT2D eigenvalue weighted by Gasteiger charge is -2.20. The van der Waals surface area contributed by atoms with Crippen molar-refractivity contribution in [2.45, 2.75) is 19.3 Å². The maximum Gasteiger partial charge on any atom is 0.167 e. The Balaban J connectivity index is 1.89. The molecule has 0 aromatic carbocycles. The Morgan fingerprint density at radius 2 is 2.31 bits per heavy atom. The fourth-order valence-corrected chi connectivity index (χ4v) is 1.80. The van der Waals surface area contributed by atoms with Gasteiger partial charge in [-0.2, -0.15) is 0 Å². The average Bonchev–Trinajstić information content (AvgIpc) is 2.53. The molecule has 0 saturated carbocycles. The number of rotatable bonds is 2. The second-order valence-electron chi connectivity index (χ2n) is 3.62. The second-order valence-corrected chi connectivity index (χ2v) is 3.62. The minimum Gasteiger partial charge on any atom is -0.381 e. The molecule has 0 spiro atoms. The van der Waals surface area contributed by atoms with Gasteiger partial charge in [-0.05, 0) is 31.8 Å². The van der Waals surface area contributed by atoms with Crippen molar-refractivity contribution < 1.29 is 4.52 Å². The van der Waals surface area contributed by atoms with Crippen molar-refractivity contribution in [3.63, 3.8) is 0 Å². The third-order valence-corrected chi connectivity index (χ3v) is 2.53. The summed E-state index contributed by atoms with van der Waals surface area (Å²) in [6, 6.07) is 1.82. The first-order chi connectivity index (χ1) is 6.34. The van der Waals surface area contributed by atoms with Crippen molar-refractivity contribution in [1.29, 1.82) is 0 Å². The lowest BCUT2D eigenvalue weighted by Crippen LogP contribution is -2.28. The summed E-state index contributed by atoms with van der Waals surface area (Å²) in [4.78, 5) is 0. The van der Waals surface area contributed by atoms with Gasteiger partial charge in [-0.1, -0.05) is 5.16 Å². The number of nitrogen functional groups attached to an aromatic ring is 1. The van der Waals surface area contributed by atoms with Crippen LogP contribution < -0.4 is 11.1 Å². The summed E-state index contributed by atoms with van der Waals surface area (Å²) in [5, 5.41) is 7.00. The van der Waals surface area contributed by atoms with Crippen molar-refractivity contribution in [3.8, 4) is 0 Å². The molecule has 2 rings (SSSR count). The molecular formula is C9H15N3O. The van der Waals surface area contributed by atoms with E-state index in [-0.39, 0.29) is 0 Å². The fraction of sp³-hybridized carbons (Fsp3) is 0.667. The molecule has 1 aromatic heterocycles. The summed E-state index contributed by atoms with van der Waals surface area (Å²) in [5.74, 6) is 2.14. The number of anilines is 1. The van der Waals surface area contributed by atoms with Crippen LogP contribution in [0.3, 0.4) is 0 Å². The zero-order chi connectivity index (χ0) is 9.10. The molecule has 1 aromatic rings. The van der Waals surface area contributed by atoms with Gasteiger partial charge in [0.1, 0.15) is 5.76 Å². The van der Waals surface area contributed by atoms with Gasteiger partial charge in [-0.25, -0.2) is 0 Å². The van der Waals surface area contributed by atoms with Crippen LogP contribution in [0.25, 0.3) is 0 Å². The molecule has 0 amide bonds. The van der Waals surface area contributed by atoms with E-state index in [0.717, 1.165) is 31.2 Å². The number of nitrogens with zero attached hydrogens (tertiary/aromatic N) is 1. The summed E-state index contributed by atoms with van der Waals surface area (Å²) in [7, 11) is 0. The maximum atomic E-state index is 5.47. The van der Waals surface area contributed by atoms with Crippen molar-refractivity contribution >= 4 is 5.82 Å². The molecule has 1 aliphatic rings. The molecule has 0 bridgehead atoms. The molecule has 1 aliphatic heterocycles. The van der Waals surface area contributed by atoms with Crippen molar-refractivity contribution in [1.82, 2.24) is 10.5 Å². The van der Waals surface area contributed by atoms with E-state index in [1.807, 2.05) is 6.07 Å². The predicted octanol–water partition coefficient (Wildman–Crippen LogP) is 0.799. The molecule has 4 heteroatoms. The van der Waals surface area contributed by atoms with E-state index in [4.69, 9.17) is 10.3 Å². The number of aromatic nitrogens is 1. The Labute approximate surface area is 77.5 Å². The molecule has 2 heterocycles. The Morgan fingerprint density at radius 1 is 1.54 bits per heavy atom. The monoisotopic (exact) mass is 181 g/mol. The molecule has 0 aliphatic carbocycles. The fourth-order valence-electron chi connectivity index (χ4n) is 1.80. The summed E-state index contributed by atoms with van der Waals surface area (Å²) in [5.41, 5.74) is 5.47. The molecule has 0 atom stereocenters. The molecule has 13 heavy (non-hydrogen) atoms. The van der Waals surface area contributed by atoms with Crippen LogP contribution >= 0.6 is 0 Å². The van der Waals surface area contributed by atoms with Crippen LogP contribution in [0.1, 0.15) is 18.6 Å². The lowest BCUT2D eigenvalue weighted by atomic mass is 9.94. The van der Waals surface area contributed by atoms with Crippen molar-refractivity contribution in [3.05, 3.63) is 11.8 Å². The molecule has 1 fully saturated rings. The topological polar surface area (TPSA) is 64.1 Å². The van der Waals surface area contributed by atoms with E-state index in [1.54, 1.807) is 0 Å². The Morgan fingerprint density at radius 3 is 2.92 bits per heavy atom. The summed E-state index contributed by atoms with van der Waals surface area (Å²) < 4.78 is 5.07. The van der Waals surface area contributed by atoms with Crippen LogP contribution in [0.5, 0.6) is 0 Å². The standard InChI is InChI=1S/C9H15N3O/c10-9-6-8(13-12-9)5-7-1-3-11-4-2-7/h6-7,11H,1-5H2,(H2,10,12). The first kappa shape index (κ1) is 8.56. The van der Waals surface area contributed by atoms with E-state index in [0.29, 0.717) is 5.82 Å². The zero-order valence-corrected chi connectivity index (χ0v) is 7.62. The summed E-state index contributed by atoms with van der Waals surface area (Å²) in [6.07, 6.45) is 3.42. The highest BCUT2D eigenvalue weighted by atomic mass is 16.5. The maximum absolute atomic E-state index is 5.47. The minimum absolute atomic E-state index is 0.490. The first-order valence-electron chi connectivity index (χ1n) is 4.76. The van der Waals surface area contributed by atoms with E-state index in [9.17, 15) is 0 Å². The average molecular weight is 181 g/mol. The van der Waals surface area contributed by atoms with Crippen LogP contribution in [-0.4, -0.2) is 18.2 Å². The highest BCUT2D eigenvalue weighted by molar-refractivity contribution is 5.26. The number of hydrogen-bond donors (Lipinski definition) is 2. The number of nitrogens with two attached hydrogens (primary N) is 1. The molecule has 1 saturated heterocycles. The Kier molecular flexibility index (Phi) is 2.49. The van der Waals surface area contributed by atoms with Gasteiger partial charge in [0.15, 0.2) is 5.82 Å². The molecule has 72 valence electrons. The smallest absolute Gasteiger partial charge is 0.167 e. The van der Waals surface area contributed by atoms with Crippen molar-refractivity contribution in [2.24, 2.45) is 5.92 Å². The van der Waals surface area contributed by atoms with Crippen LogP contribution in [0.15, 0.2) is 10.6 Å². The Bertz CT molecular complexity index is 266. The highest BCUT2D eigenvalue weighted by Crippen LogP contribution is 2.18.